The van der Waals surface area contributed by atoms with Gasteiger partial charge in [-0.2, -0.15) is 5.10 Å². The zero-order valence-corrected chi connectivity index (χ0v) is 10.5. The van der Waals surface area contributed by atoms with Gasteiger partial charge in [0.15, 0.2) is 0 Å². The van der Waals surface area contributed by atoms with Crippen LogP contribution in [0.5, 0.6) is 0 Å². The maximum absolute atomic E-state index is 4.26. The summed E-state index contributed by atoms with van der Waals surface area (Å²) in [6.45, 7) is 9.05. The molecule has 2 atom stereocenters. The van der Waals surface area contributed by atoms with Gasteiger partial charge in [-0.3, -0.25) is 4.68 Å². The topological polar surface area (TPSA) is 33.1 Å². The molecule has 1 aromatic rings. The molecular weight excluding hydrogens is 200 g/mol. The lowest BCUT2D eigenvalue weighted by atomic mass is 10.1. The van der Waals surface area contributed by atoms with Crippen molar-refractivity contribution < 1.29 is 0 Å². The molecule has 0 saturated carbocycles. The van der Waals surface area contributed by atoms with Gasteiger partial charge < -0.3 is 10.2 Å². The predicted molar refractivity (Wildman–Crippen MR) is 66.6 cm³/mol. The molecule has 1 aliphatic heterocycles. The summed E-state index contributed by atoms with van der Waals surface area (Å²) in [5, 5.41) is 7.77. The van der Waals surface area contributed by atoms with Crippen LogP contribution in [-0.4, -0.2) is 36.0 Å². The quantitative estimate of drug-likeness (QED) is 0.772. The van der Waals surface area contributed by atoms with Crippen molar-refractivity contribution in [2.75, 3.05) is 31.1 Å². The highest BCUT2D eigenvalue weighted by Crippen LogP contribution is 2.17. The van der Waals surface area contributed by atoms with E-state index in [4.69, 9.17) is 0 Å². The largest absolute Gasteiger partial charge is 0.368 e. The van der Waals surface area contributed by atoms with Gasteiger partial charge in [0.1, 0.15) is 0 Å². The first-order valence-electron chi connectivity index (χ1n) is 6.09. The van der Waals surface area contributed by atoms with Crippen molar-refractivity contribution in [3.05, 3.63) is 12.4 Å². The Morgan fingerprint density at radius 2 is 1.88 bits per heavy atom. The molecule has 0 aromatic carbocycles. The van der Waals surface area contributed by atoms with Gasteiger partial charge in [0.05, 0.1) is 11.9 Å². The number of hydrogen-bond acceptors (Lipinski definition) is 3. The van der Waals surface area contributed by atoms with Gasteiger partial charge in [0.25, 0.3) is 0 Å². The van der Waals surface area contributed by atoms with E-state index in [1.54, 1.807) is 0 Å². The Bertz CT molecular complexity index is 322. The fourth-order valence-corrected chi connectivity index (χ4v) is 2.31. The molecule has 2 unspecified atom stereocenters. The molecule has 0 bridgehead atoms. The normalized spacial score (nSPS) is 27.6. The van der Waals surface area contributed by atoms with Crippen LogP contribution in [0.25, 0.3) is 0 Å². The van der Waals surface area contributed by atoms with Crippen molar-refractivity contribution in [3.8, 4) is 0 Å². The molecule has 0 aliphatic carbocycles. The van der Waals surface area contributed by atoms with E-state index in [1.165, 1.54) is 5.69 Å². The molecule has 2 rings (SSSR count). The number of nitrogens with zero attached hydrogens (tertiary/aromatic N) is 3. The molecule has 1 N–H and O–H groups in total. The van der Waals surface area contributed by atoms with Gasteiger partial charge in [-0.05, 0) is 24.9 Å². The number of aromatic nitrogens is 2. The predicted octanol–water partition coefficient (Wildman–Crippen LogP) is 1.10. The summed E-state index contributed by atoms with van der Waals surface area (Å²) in [5.41, 5.74) is 1.25. The van der Waals surface area contributed by atoms with Crippen LogP contribution < -0.4 is 10.2 Å². The average molecular weight is 222 g/mol. The summed E-state index contributed by atoms with van der Waals surface area (Å²) in [6, 6.07) is 0. The number of rotatable bonds is 1. The Balaban J connectivity index is 2.10. The highest BCUT2D eigenvalue weighted by Gasteiger charge is 2.18. The van der Waals surface area contributed by atoms with Crippen molar-refractivity contribution in [2.24, 2.45) is 18.9 Å². The third-order valence-corrected chi connectivity index (χ3v) is 3.11. The zero-order valence-electron chi connectivity index (χ0n) is 10.5. The lowest BCUT2D eigenvalue weighted by molar-refractivity contribution is 0.410. The van der Waals surface area contributed by atoms with Gasteiger partial charge in [0.2, 0.25) is 0 Å². The first-order valence-corrected chi connectivity index (χ1v) is 6.09. The Labute approximate surface area is 97.6 Å². The Hall–Kier alpha value is -1.03. The molecule has 0 amide bonds. The lowest BCUT2D eigenvalue weighted by Crippen LogP contribution is -2.42. The zero-order chi connectivity index (χ0) is 11.5. The molecule has 0 spiro atoms. The van der Waals surface area contributed by atoms with Gasteiger partial charge in [-0.25, -0.2) is 0 Å². The summed E-state index contributed by atoms with van der Waals surface area (Å²) < 4.78 is 1.88. The SMILES string of the molecule is CC1CNCC(C)CN(c2cnn(C)c2)C1. The minimum atomic E-state index is 0.688. The number of nitrogens with one attached hydrogen (secondary N) is 1. The minimum absolute atomic E-state index is 0.688. The standard InChI is InChI=1S/C12H22N4/c1-10-4-13-5-11(2)8-16(7-10)12-6-14-15(3)9-12/h6,9-11,13H,4-5,7-8H2,1-3H3. The van der Waals surface area contributed by atoms with Crippen molar-refractivity contribution in [1.82, 2.24) is 15.1 Å². The van der Waals surface area contributed by atoms with E-state index in [1.807, 2.05) is 17.9 Å². The molecule has 4 nitrogen and oxygen atoms in total. The first kappa shape index (κ1) is 11.5. The first-order chi connectivity index (χ1) is 7.65. The van der Waals surface area contributed by atoms with E-state index in [0.717, 1.165) is 26.2 Å². The summed E-state index contributed by atoms with van der Waals surface area (Å²) in [7, 11) is 1.97. The van der Waals surface area contributed by atoms with Crippen molar-refractivity contribution >= 4 is 5.69 Å². The van der Waals surface area contributed by atoms with Gasteiger partial charge >= 0.3 is 0 Å². The Kier molecular flexibility index (Phi) is 3.49. The Morgan fingerprint density at radius 3 is 2.38 bits per heavy atom. The van der Waals surface area contributed by atoms with Crippen LogP contribution in [0.2, 0.25) is 0 Å². The molecular formula is C12H22N4. The van der Waals surface area contributed by atoms with Gasteiger partial charge in [0, 0.05) is 26.3 Å². The van der Waals surface area contributed by atoms with Crippen LogP contribution in [0, 0.1) is 11.8 Å². The summed E-state index contributed by atoms with van der Waals surface area (Å²) >= 11 is 0. The number of aryl methyl sites for hydroxylation is 1. The van der Waals surface area contributed by atoms with Crippen LogP contribution >= 0.6 is 0 Å². The second-order valence-corrected chi connectivity index (χ2v) is 5.15. The maximum atomic E-state index is 4.26. The van der Waals surface area contributed by atoms with E-state index in [2.05, 4.69) is 35.4 Å². The van der Waals surface area contributed by atoms with Crippen molar-refractivity contribution in [2.45, 2.75) is 13.8 Å². The summed E-state index contributed by atoms with van der Waals surface area (Å²) in [6.07, 6.45) is 4.07. The van der Waals surface area contributed by atoms with Crippen LogP contribution in [-0.2, 0) is 7.05 Å². The molecule has 1 saturated heterocycles. The molecule has 4 heteroatoms. The van der Waals surface area contributed by atoms with E-state index in [0.29, 0.717) is 11.8 Å². The number of hydrogen-bond donors (Lipinski definition) is 1. The van der Waals surface area contributed by atoms with E-state index in [-0.39, 0.29) is 0 Å². The maximum Gasteiger partial charge on any atom is 0.0752 e. The molecule has 1 aliphatic rings. The third-order valence-electron chi connectivity index (χ3n) is 3.11. The Morgan fingerprint density at radius 1 is 1.25 bits per heavy atom. The van der Waals surface area contributed by atoms with Crippen LogP contribution in [0.3, 0.4) is 0 Å². The monoisotopic (exact) mass is 222 g/mol. The van der Waals surface area contributed by atoms with Crippen molar-refractivity contribution in [3.63, 3.8) is 0 Å². The molecule has 1 fully saturated rings. The van der Waals surface area contributed by atoms with E-state index >= 15 is 0 Å². The molecule has 0 radical (unpaired) electrons. The van der Waals surface area contributed by atoms with Crippen LogP contribution in [0.1, 0.15) is 13.8 Å². The van der Waals surface area contributed by atoms with Gasteiger partial charge in [-0.15, -0.1) is 0 Å². The fraction of sp³-hybridized carbons (Fsp3) is 0.750. The second-order valence-electron chi connectivity index (χ2n) is 5.15. The summed E-state index contributed by atoms with van der Waals surface area (Å²) in [4.78, 5) is 2.46. The highest BCUT2D eigenvalue weighted by molar-refractivity contribution is 5.42. The minimum Gasteiger partial charge on any atom is -0.368 e. The lowest BCUT2D eigenvalue weighted by Gasteiger charge is -2.32. The molecule has 1 aromatic heterocycles. The van der Waals surface area contributed by atoms with Gasteiger partial charge in [-0.1, -0.05) is 13.8 Å². The smallest absolute Gasteiger partial charge is 0.0752 e. The van der Waals surface area contributed by atoms with E-state index in [9.17, 15) is 0 Å². The highest BCUT2D eigenvalue weighted by atomic mass is 15.3. The third kappa shape index (κ3) is 2.76. The van der Waals surface area contributed by atoms with Crippen LogP contribution in [0.15, 0.2) is 12.4 Å². The number of anilines is 1. The molecule has 2 heterocycles. The summed E-state index contributed by atoms with van der Waals surface area (Å²) in [5.74, 6) is 1.38. The molecule has 90 valence electrons. The van der Waals surface area contributed by atoms with Crippen molar-refractivity contribution in [1.29, 1.82) is 0 Å². The van der Waals surface area contributed by atoms with E-state index < -0.39 is 0 Å². The van der Waals surface area contributed by atoms with Crippen LogP contribution in [0.4, 0.5) is 5.69 Å². The molecule has 16 heavy (non-hydrogen) atoms. The average Bonchev–Trinajstić information content (AvgIpc) is 2.61. The fourth-order valence-electron chi connectivity index (χ4n) is 2.31. The second kappa shape index (κ2) is 4.87.